The molecule has 2 unspecified atom stereocenters. The average Bonchev–Trinajstić information content (AvgIpc) is 2.40. The van der Waals surface area contributed by atoms with Crippen LogP contribution in [-0.4, -0.2) is 22.0 Å². The van der Waals surface area contributed by atoms with Gasteiger partial charge in [-0.15, -0.1) is 23.2 Å². The standard InChI is InChI=1S/C16H28Cl2O/c1-13(17)15(9-5-3-6-10-15)19-16(14(2)18)11-7-4-8-12-16/h13-14H,3-12H2,1-2H3. The highest BCUT2D eigenvalue weighted by atomic mass is 35.5. The molecule has 2 saturated carbocycles. The molecule has 0 aliphatic heterocycles. The third-order valence-corrected chi connectivity index (χ3v) is 6.05. The van der Waals surface area contributed by atoms with Crippen molar-refractivity contribution in [1.29, 1.82) is 0 Å². The topological polar surface area (TPSA) is 9.23 Å². The lowest BCUT2D eigenvalue weighted by Crippen LogP contribution is -2.54. The van der Waals surface area contributed by atoms with Gasteiger partial charge in [-0.2, -0.15) is 0 Å². The average molecular weight is 307 g/mol. The number of hydrogen-bond acceptors (Lipinski definition) is 1. The maximum atomic E-state index is 6.77. The second kappa shape index (κ2) is 6.54. The van der Waals surface area contributed by atoms with Crippen molar-refractivity contribution in [2.75, 3.05) is 0 Å². The fourth-order valence-electron chi connectivity index (χ4n) is 3.87. The van der Waals surface area contributed by atoms with Gasteiger partial charge in [-0.05, 0) is 39.5 Å². The van der Waals surface area contributed by atoms with E-state index in [0.717, 1.165) is 25.7 Å². The highest BCUT2D eigenvalue weighted by Gasteiger charge is 2.47. The Kier molecular flexibility index (Phi) is 5.48. The first-order valence-corrected chi connectivity index (χ1v) is 8.86. The Labute approximate surface area is 128 Å². The first kappa shape index (κ1) is 15.9. The van der Waals surface area contributed by atoms with Crippen LogP contribution in [0, 0.1) is 0 Å². The molecule has 0 saturated heterocycles. The van der Waals surface area contributed by atoms with Gasteiger partial charge in [-0.1, -0.05) is 38.5 Å². The largest absolute Gasteiger partial charge is 0.365 e. The van der Waals surface area contributed by atoms with E-state index in [1.807, 2.05) is 0 Å². The van der Waals surface area contributed by atoms with Gasteiger partial charge in [0, 0.05) is 0 Å². The van der Waals surface area contributed by atoms with Gasteiger partial charge in [0.2, 0.25) is 0 Å². The van der Waals surface area contributed by atoms with Crippen LogP contribution in [0.4, 0.5) is 0 Å². The third-order valence-electron chi connectivity index (χ3n) is 5.26. The van der Waals surface area contributed by atoms with Crippen molar-refractivity contribution in [3.05, 3.63) is 0 Å². The van der Waals surface area contributed by atoms with E-state index >= 15 is 0 Å². The number of hydrogen-bond donors (Lipinski definition) is 0. The van der Waals surface area contributed by atoms with E-state index in [9.17, 15) is 0 Å². The Morgan fingerprint density at radius 3 is 1.26 bits per heavy atom. The van der Waals surface area contributed by atoms with Crippen LogP contribution in [0.1, 0.15) is 78.1 Å². The molecule has 1 nitrogen and oxygen atoms in total. The Balaban J connectivity index is 2.17. The highest BCUT2D eigenvalue weighted by Crippen LogP contribution is 2.46. The summed E-state index contributed by atoms with van der Waals surface area (Å²) >= 11 is 13.1. The molecule has 2 fully saturated rings. The molecular formula is C16H28Cl2O. The fourth-order valence-corrected chi connectivity index (χ4v) is 4.39. The molecule has 0 spiro atoms. The van der Waals surface area contributed by atoms with Crippen molar-refractivity contribution in [3.63, 3.8) is 0 Å². The Morgan fingerprint density at radius 2 is 1.00 bits per heavy atom. The molecule has 19 heavy (non-hydrogen) atoms. The maximum absolute atomic E-state index is 6.77. The quantitative estimate of drug-likeness (QED) is 0.609. The van der Waals surface area contributed by atoms with E-state index in [4.69, 9.17) is 27.9 Å². The van der Waals surface area contributed by atoms with E-state index in [1.165, 1.54) is 38.5 Å². The Morgan fingerprint density at radius 1 is 0.684 bits per heavy atom. The molecular weight excluding hydrogens is 279 g/mol. The van der Waals surface area contributed by atoms with Gasteiger partial charge in [0.15, 0.2) is 0 Å². The zero-order valence-corrected chi connectivity index (χ0v) is 13.9. The van der Waals surface area contributed by atoms with E-state index in [-0.39, 0.29) is 22.0 Å². The molecule has 0 aromatic rings. The molecule has 2 aliphatic rings. The maximum Gasteiger partial charge on any atom is 0.0850 e. The lowest BCUT2D eigenvalue weighted by molar-refractivity contribution is -0.183. The first-order valence-electron chi connectivity index (χ1n) is 7.99. The molecule has 2 aliphatic carbocycles. The van der Waals surface area contributed by atoms with Crippen LogP contribution < -0.4 is 0 Å². The van der Waals surface area contributed by atoms with E-state index in [0.29, 0.717) is 0 Å². The summed E-state index contributed by atoms with van der Waals surface area (Å²) < 4.78 is 6.77. The smallest absolute Gasteiger partial charge is 0.0850 e. The van der Waals surface area contributed by atoms with Crippen LogP contribution >= 0.6 is 23.2 Å². The molecule has 112 valence electrons. The van der Waals surface area contributed by atoms with Gasteiger partial charge in [0.1, 0.15) is 0 Å². The molecule has 0 aromatic heterocycles. The minimum Gasteiger partial charge on any atom is -0.365 e. The van der Waals surface area contributed by atoms with Crippen LogP contribution in [0.25, 0.3) is 0 Å². The summed E-state index contributed by atoms with van der Waals surface area (Å²) in [6.07, 6.45) is 12.0. The normalized spacial score (nSPS) is 29.7. The lowest BCUT2D eigenvalue weighted by atomic mass is 9.78. The zero-order chi connectivity index (χ0) is 13.9. The molecule has 0 bridgehead atoms. The number of halogens is 2. The van der Waals surface area contributed by atoms with Gasteiger partial charge in [0.05, 0.1) is 22.0 Å². The molecule has 2 rings (SSSR count). The van der Waals surface area contributed by atoms with Crippen molar-refractivity contribution in [2.24, 2.45) is 0 Å². The van der Waals surface area contributed by atoms with Gasteiger partial charge in [-0.25, -0.2) is 0 Å². The summed E-state index contributed by atoms with van der Waals surface area (Å²) in [6, 6.07) is 0. The third kappa shape index (κ3) is 3.41. The molecule has 2 atom stereocenters. The van der Waals surface area contributed by atoms with Crippen molar-refractivity contribution in [3.8, 4) is 0 Å². The van der Waals surface area contributed by atoms with Crippen LogP contribution in [0.5, 0.6) is 0 Å². The summed E-state index contributed by atoms with van der Waals surface area (Å²) in [5.74, 6) is 0. The minimum atomic E-state index is -0.139. The summed E-state index contributed by atoms with van der Waals surface area (Å²) in [5.41, 5.74) is -0.277. The first-order chi connectivity index (χ1) is 9.01. The summed E-state index contributed by atoms with van der Waals surface area (Å²) in [7, 11) is 0. The van der Waals surface area contributed by atoms with Crippen LogP contribution in [0.15, 0.2) is 0 Å². The second-order valence-corrected chi connectivity index (χ2v) is 7.89. The summed E-state index contributed by atoms with van der Waals surface area (Å²) in [6.45, 7) is 4.20. The molecule has 3 heteroatoms. The fraction of sp³-hybridized carbons (Fsp3) is 1.00. The van der Waals surface area contributed by atoms with E-state index in [2.05, 4.69) is 13.8 Å². The Hall–Kier alpha value is 0.540. The molecule has 0 amide bonds. The highest BCUT2D eigenvalue weighted by molar-refractivity contribution is 6.21. The predicted octanol–water partition coefficient (Wildman–Crippen LogP) is 5.66. The SMILES string of the molecule is CC(Cl)C1(OC2(C(C)Cl)CCCCC2)CCCCC1. The van der Waals surface area contributed by atoms with Crippen molar-refractivity contribution in [2.45, 2.75) is 100 Å². The van der Waals surface area contributed by atoms with Gasteiger partial charge >= 0.3 is 0 Å². The monoisotopic (exact) mass is 306 g/mol. The van der Waals surface area contributed by atoms with Gasteiger partial charge in [0.25, 0.3) is 0 Å². The molecule has 0 N–H and O–H groups in total. The van der Waals surface area contributed by atoms with Crippen LogP contribution in [0.2, 0.25) is 0 Å². The predicted molar refractivity (Wildman–Crippen MR) is 83.3 cm³/mol. The number of ether oxygens (including phenoxy) is 1. The van der Waals surface area contributed by atoms with Gasteiger partial charge < -0.3 is 4.74 Å². The molecule has 0 radical (unpaired) electrons. The molecule has 0 heterocycles. The molecule has 0 aromatic carbocycles. The number of alkyl halides is 2. The van der Waals surface area contributed by atoms with E-state index < -0.39 is 0 Å². The summed E-state index contributed by atoms with van der Waals surface area (Å²) in [4.78, 5) is 0. The van der Waals surface area contributed by atoms with Gasteiger partial charge in [-0.3, -0.25) is 0 Å². The summed E-state index contributed by atoms with van der Waals surface area (Å²) in [5, 5.41) is 0.143. The van der Waals surface area contributed by atoms with Crippen LogP contribution in [-0.2, 0) is 4.74 Å². The minimum absolute atomic E-state index is 0.0713. The number of rotatable bonds is 4. The Bertz CT molecular complexity index is 248. The van der Waals surface area contributed by atoms with Crippen molar-refractivity contribution in [1.82, 2.24) is 0 Å². The van der Waals surface area contributed by atoms with E-state index in [1.54, 1.807) is 0 Å². The zero-order valence-electron chi connectivity index (χ0n) is 12.4. The second-order valence-electron chi connectivity index (χ2n) is 6.58. The van der Waals surface area contributed by atoms with Crippen molar-refractivity contribution < 1.29 is 4.74 Å². The van der Waals surface area contributed by atoms with Crippen molar-refractivity contribution >= 4 is 23.2 Å². The lowest BCUT2D eigenvalue weighted by Gasteiger charge is -2.50. The van der Waals surface area contributed by atoms with Crippen LogP contribution in [0.3, 0.4) is 0 Å².